The SMILES string of the molecule is NC1CCN(C(=O)C2CC(=O)N(c3cccc(Br)c3)C2)CC1. The Kier molecular flexibility index (Phi) is 4.49. The van der Waals surface area contributed by atoms with Crippen molar-refractivity contribution in [2.24, 2.45) is 11.7 Å². The van der Waals surface area contributed by atoms with Gasteiger partial charge in [-0.3, -0.25) is 9.59 Å². The molecule has 2 heterocycles. The Balaban J connectivity index is 1.68. The summed E-state index contributed by atoms with van der Waals surface area (Å²) >= 11 is 3.42. The first-order valence-corrected chi connectivity index (χ1v) is 8.44. The molecule has 118 valence electrons. The van der Waals surface area contributed by atoms with Crippen molar-refractivity contribution in [1.82, 2.24) is 4.90 Å². The molecule has 2 aliphatic rings. The highest BCUT2D eigenvalue weighted by Gasteiger charge is 2.37. The normalized spacial score (nSPS) is 23.2. The average Bonchev–Trinajstić information content (AvgIpc) is 2.89. The van der Waals surface area contributed by atoms with E-state index in [-0.39, 0.29) is 23.8 Å². The van der Waals surface area contributed by atoms with Gasteiger partial charge in [0.05, 0.1) is 5.92 Å². The molecule has 1 unspecified atom stereocenters. The van der Waals surface area contributed by atoms with Crippen molar-refractivity contribution in [2.45, 2.75) is 25.3 Å². The lowest BCUT2D eigenvalue weighted by Gasteiger charge is -2.31. The second-order valence-corrected chi connectivity index (χ2v) is 6.96. The van der Waals surface area contributed by atoms with Crippen LogP contribution in [-0.4, -0.2) is 42.4 Å². The van der Waals surface area contributed by atoms with Crippen molar-refractivity contribution < 1.29 is 9.59 Å². The minimum atomic E-state index is -0.235. The number of nitrogens with zero attached hydrogens (tertiary/aromatic N) is 2. The maximum atomic E-state index is 12.6. The molecule has 0 saturated carbocycles. The van der Waals surface area contributed by atoms with Crippen LogP contribution >= 0.6 is 15.9 Å². The first-order chi connectivity index (χ1) is 10.5. The van der Waals surface area contributed by atoms with E-state index in [1.807, 2.05) is 29.2 Å². The van der Waals surface area contributed by atoms with Crippen LogP contribution in [0.4, 0.5) is 5.69 Å². The largest absolute Gasteiger partial charge is 0.342 e. The van der Waals surface area contributed by atoms with Gasteiger partial charge in [-0.25, -0.2) is 0 Å². The van der Waals surface area contributed by atoms with Crippen LogP contribution in [-0.2, 0) is 9.59 Å². The number of rotatable bonds is 2. The second-order valence-electron chi connectivity index (χ2n) is 6.05. The highest BCUT2D eigenvalue weighted by atomic mass is 79.9. The number of benzene rings is 1. The molecule has 6 heteroatoms. The summed E-state index contributed by atoms with van der Waals surface area (Å²) in [5.74, 6) is -0.122. The molecule has 0 aromatic heterocycles. The third kappa shape index (κ3) is 3.17. The second kappa shape index (κ2) is 6.38. The first-order valence-electron chi connectivity index (χ1n) is 7.65. The van der Waals surface area contributed by atoms with Crippen molar-refractivity contribution in [3.05, 3.63) is 28.7 Å². The predicted octanol–water partition coefficient (Wildman–Crippen LogP) is 1.75. The molecule has 1 aromatic carbocycles. The minimum Gasteiger partial charge on any atom is -0.342 e. The van der Waals surface area contributed by atoms with Gasteiger partial charge in [0.25, 0.3) is 0 Å². The summed E-state index contributed by atoms with van der Waals surface area (Å²) in [5, 5.41) is 0. The number of halogens is 1. The maximum Gasteiger partial charge on any atom is 0.228 e. The number of nitrogens with two attached hydrogens (primary N) is 1. The third-order valence-electron chi connectivity index (χ3n) is 4.45. The fraction of sp³-hybridized carbons (Fsp3) is 0.500. The number of amides is 2. The van der Waals surface area contributed by atoms with E-state index < -0.39 is 0 Å². The van der Waals surface area contributed by atoms with E-state index in [1.54, 1.807) is 4.90 Å². The van der Waals surface area contributed by atoms with Gasteiger partial charge in [-0.05, 0) is 31.0 Å². The Labute approximate surface area is 138 Å². The summed E-state index contributed by atoms with van der Waals surface area (Å²) in [6.45, 7) is 1.89. The van der Waals surface area contributed by atoms with Crippen molar-refractivity contribution in [3.63, 3.8) is 0 Å². The van der Waals surface area contributed by atoms with Gasteiger partial charge in [-0.15, -0.1) is 0 Å². The number of likely N-dealkylation sites (tertiary alicyclic amines) is 1. The van der Waals surface area contributed by atoms with E-state index >= 15 is 0 Å². The highest BCUT2D eigenvalue weighted by molar-refractivity contribution is 9.10. The maximum absolute atomic E-state index is 12.6. The van der Waals surface area contributed by atoms with Gasteiger partial charge in [0.1, 0.15) is 0 Å². The van der Waals surface area contributed by atoms with Crippen LogP contribution in [0.2, 0.25) is 0 Å². The molecule has 1 atom stereocenters. The van der Waals surface area contributed by atoms with Crippen molar-refractivity contribution in [2.75, 3.05) is 24.5 Å². The van der Waals surface area contributed by atoms with Gasteiger partial charge in [0.15, 0.2) is 0 Å². The third-order valence-corrected chi connectivity index (χ3v) is 4.94. The number of hydrogen-bond donors (Lipinski definition) is 1. The standard InChI is InChI=1S/C16H20BrN3O2/c17-12-2-1-3-14(9-12)20-10-11(8-15(20)21)16(22)19-6-4-13(18)5-7-19/h1-3,9,11,13H,4-8,10,18H2. The lowest BCUT2D eigenvalue weighted by molar-refractivity contribution is -0.136. The van der Waals surface area contributed by atoms with Gasteiger partial charge in [-0.1, -0.05) is 22.0 Å². The van der Waals surface area contributed by atoms with Crippen molar-refractivity contribution in [1.29, 1.82) is 0 Å². The smallest absolute Gasteiger partial charge is 0.228 e. The molecular formula is C16H20BrN3O2. The van der Waals surface area contributed by atoms with E-state index in [4.69, 9.17) is 5.73 Å². The molecule has 2 amide bonds. The molecule has 5 nitrogen and oxygen atoms in total. The molecule has 2 fully saturated rings. The predicted molar refractivity (Wildman–Crippen MR) is 88.4 cm³/mol. The monoisotopic (exact) mass is 365 g/mol. The van der Waals surface area contributed by atoms with Gasteiger partial charge >= 0.3 is 0 Å². The summed E-state index contributed by atoms with van der Waals surface area (Å²) in [7, 11) is 0. The molecular weight excluding hydrogens is 346 g/mol. The topological polar surface area (TPSA) is 66.6 Å². The van der Waals surface area contributed by atoms with Gasteiger partial charge in [0, 0.05) is 42.3 Å². The van der Waals surface area contributed by atoms with Gasteiger partial charge in [-0.2, -0.15) is 0 Å². The number of piperidine rings is 1. The lowest BCUT2D eigenvalue weighted by atomic mass is 10.0. The zero-order chi connectivity index (χ0) is 15.7. The molecule has 2 aliphatic heterocycles. The highest BCUT2D eigenvalue weighted by Crippen LogP contribution is 2.28. The van der Waals surface area contributed by atoms with E-state index in [1.165, 1.54) is 0 Å². The van der Waals surface area contributed by atoms with Crippen LogP contribution in [0.3, 0.4) is 0 Å². The summed E-state index contributed by atoms with van der Waals surface area (Å²) in [6.07, 6.45) is 2.00. The summed E-state index contributed by atoms with van der Waals surface area (Å²) in [4.78, 5) is 28.4. The number of anilines is 1. The van der Waals surface area contributed by atoms with Crippen LogP contribution in [0.1, 0.15) is 19.3 Å². The van der Waals surface area contributed by atoms with Gasteiger partial charge < -0.3 is 15.5 Å². The van der Waals surface area contributed by atoms with Crippen LogP contribution in [0.5, 0.6) is 0 Å². The van der Waals surface area contributed by atoms with E-state index in [2.05, 4.69) is 15.9 Å². The Bertz CT molecular complexity index is 585. The Morgan fingerprint density at radius 3 is 2.68 bits per heavy atom. The zero-order valence-corrected chi connectivity index (χ0v) is 14.0. The molecule has 2 N–H and O–H groups in total. The fourth-order valence-electron chi connectivity index (χ4n) is 3.14. The molecule has 0 aliphatic carbocycles. The quantitative estimate of drug-likeness (QED) is 0.867. The van der Waals surface area contributed by atoms with Crippen LogP contribution < -0.4 is 10.6 Å². The molecule has 2 saturated heterocycles. The fourth-order valence-corrected chi connectivity index (χ4v) is 3.53. The zero-order valence-electron chi connectivity index (χ0n) is 12.4. The van der Waals surface area contributed by atoms with Crippen molar-refractivity contribution in [3.8, 4) is 0 Å². The van der Waals surface area contributed by atoms with E-state index in [0.717, 1.165) is 23.0 Å². The molecule has 3 rings (SSSR count). The molecule has 0 radical (unpaired) electrons. The summed E-state index contributed by atoms with van der Waals surface area (Å²) in [5.41, 5.74) is 6.72. The van der Waals surface area contributed by atoms with Crippen LogP contribution in [0, 0.1) is 5.92 Å². The molecule has 0 spiro atoms. The Hall–Kier alpha value is -1.40. The number of carbonyl (C=O) groups is 2. The van der Waals surface area contributed by atoms with Crippen LogP contribution in [0.25, 0.3) is 0 Å². The van der Waals surface area contributed by atoms with Gasteiger partial charge in [0.2, 0.25) is 11.8 Å². The summed E-state index contributed by atoms with van der Waals surface area (Å²) in [6, 6.07) is 7.82. The average molecular weight is 366 g/mol. The number of carbonyl (C=O) groups excluding carboxylic acids is 2. The summed E-state index contributed by atoms with van der Waals surface area (Å²) < 4.78 is 0.928. The van der Waals surface area contributed by atoms with Crippen LogP contribution in [0.15, 0.2) is 28.7 Å². The minimum absolute atomic E-state index is 0.0187. The van der Waals surface area contributed by atoms with Crippen molar-refractivity contribution >= 4 is 33.4 Å². The Morgan fingerprint density at radius 1 is 1.27 bits per heavy atom. The lowest BCUT2D eigenvalue weighted by Crippen LogP contribution is -2.45. The molecule has 22 heavy (non-hydrogen) atoms. The number of hydrogen-bond acceptors (Lipinski definition) is 3. The molecule has 0 bridgehead atoms. The van der Waals surface area contributed by atoms with E-state index in [9.17, 15) is 9.59 Å². The Morgan fingerprint density at radius 2 is 2.00 bits per heavy atom. The molecule has 1 aromatic rings. The first kappa shape index (κ1) is 15.5. The van der Waals surface area contributed by atoms with E-state index in [0.29, 0.717) is 26.1 Å².